The van der Waals surface area contributed by atoms with Crippen LogP contribution in [0.5, 0.6) is 5.75 Å². The van der Waals surface area contributed by atoms with E-state index < -0.39 is 0 Å². The molecule has 108 valence electrons. The fraction of sp³-hybridized carbons (Fsp3) is 0.235. The molecule has 0 aliphatic rings. The van der Waals surface area contributed by atoms with Crippen LogP contribution in [0.2, 0.25) is 0 Å². The van der Waals surface area contributed by atoms with Crippen LogP contribution in [-0.4, -0.2) is 17.1 Å². The van der Waals surface area contributed by atoms with Crippen LogP contribution in [0.25, 0.3) is 22.4 Å². The minimum Gasteiger partial charge on any atom is -0.494 e. The number of fused-ring (bicyclic) bond motifs is 1. The number of hydrogen-bond donors (Lipinski definition) is 1. The number of aromatic nitrogens is 2. The maximum atomic E-state index is 5.41. The third-order valence-corrected chi connectivity index (χ3v) is 4.50. The molecule has 0 unspecified atom stereocenters. The highest BCUT2D eigenvalue weighted by Crippen LogP contribution is 2.30. The van der Waals surface area contributed by atoms with Crippen molar-refractivity contribution >= 4 is 33.6 Å². The number of hydrogen-bond acceptors (Lipinski definition) is 2. The lowest BCUT2D eigenvalue weighted by atomic mass is 10.0. The highest BCUT2D eigenvalue weighted by molar-refractivity contribution is 14.1. The van der Waals surface area contributed by atoms with Gasteiger partial charge in [-0.2, -0.15) is 0 Å². The van der Waals surface area contributed by atoms with Crippen LogP contribution in [-0.2, 0) is 0 Å². The molecule has 0 aliphatic carbocycles. The molecule has 0 fully saturated rings. The Balaban J connectivity index is 2.10. The number of methoxy groups -OCH3 is 1. The Hall–Kier alpha value is -1.56. The number of aromatic amines is 1. The number of H-pyrrole nitrogens is 1. The van der Waals surface area contributed by atoms with Gasteiger partial charge in [-0.05, 0) is 46.2 Å². The van der Waals surface area contributed by atoms with Gasteiger partial charge in [0.25, 0.3) is 0 Å². The first-order valence-corrected chi connectivity index (χ1v) is 8.00. The Bertz CT molecular complexity index is 775. The van der Waals surface area contributed by atoms with E-state index in [-0.39, 0.29) is 0 Å². The Labute approximate surface area is 137 Å². The van der Waals surface area contributed by atoms with Gasteiger partial charge in [-0.1, -0.05) is 38.1 Å². The molecule has 0 amide bonds. The summed E-state index contributed by atoms with van der Waals surface area (Å²) in [7, 11) is 1.68. The van der Waals surface area contributed by atoms with Crippen LogP contribution in [0.3, 0.4) is 0 Å². The van der Waals surface area contributed by atoms with Crippen molar-refractivity contribution in [1.29, 1.82) is 0 Å². The van der Waals surface area contributed by atoms with Crippen LogP contribution in [0.1, 0.15) is 25.3 Å². The molecule has 4 heteroatoms. The van der Waals surface area contributed by atoms with Gasteiger partial charge in [0.05, 0.1) is 7.11 Å². The number of nitrogens with zero attached hydrogens (tertiary/aromatic N) is 1. The van der Waals surface area contributed by atoms with Crippen molar-refractivity contribution in [3.8, 4) is 17.1 Å². The van der Waals surface area contributed by atoms with Crippen molar-refractivity contribution in [1.82, 2.24) is 9.97 Å². The molecule has 21 heavy (non-hydrogen) atoms. The van der Waals surface area contributed by atoms with E-state index in [0.717, 1.165) is 31.7 Å². The van der Waals surface area contributed by atoms with Crippen molar-refractivity contribution in [3.05, 3.63) is 45.5 Å². The van der Waals surface area contributed by atoms with Gasteiger partial charge >= 0.3 is 0 Å². The summed E-state index contributed by atoms with van der Waals surface area (Å²) >= 11 is 2.30. The highest BCUT2D eigenvalue weighted by atomic mass is 127. The number of rotatable bonds is 3. The molecule has 1 N–H and O–H groups in total. The quantitative estimate of drug-likeness (QED) is 0.640. The lowest BCUT2D eigenvalue weighted by Gasteiger charge is -2.05. The van der Waals surface area contributed by atoms with Crippen LogP contribution in [0.4, 0.5) is 0 Å². The fourth-order valence-electron chi connectivity index (χ4n) is 2.37. The Morgan fingerprint density at radius 2 is 1.81 bits per heavy atom. The largest absolute Gasteiger partial charge is 0.494 e. The average molecular weight is 392 g/mol. The van der Waals surface area contributed by atoms with Crippen LogP contribution in [0, 0.1) is 3.57 Å². The molecule has 0 saturated carbocycles. The molecular weight excluding hydrogens is 375 g/mol. The second-order valence-electron chi connectivity index (χ2n) is 5.34. The zero-order chi connectivity index (χ0) is 15.0. The van der Waals surface area contributed by atoms with E-state index in [1.807, 2.05) is 12.1 Å². The molecule has 0 saturated heterocycles. The lowest BCUT2D eigenvalue weighted by molar-refractivity contribution is 0.419. The molecule has 0 aliphatic heterocycles. The fourth-order valence-corrected chi connectivity index (χ4v) is 2.94. The van der Waals surface area contributed by atoms with Gasteiger partial charge in [-0.25, -0.2) is 4.98 Å². The molecule has 3 nitrogen and oxygen atoms in total. The molecule has 2 aromatic carbocycles. The van der Waals surface area contributed by atoms with E-state index in [1.54, 1.807) is 7.11 Å². The topological polar surface area (TPSA) is 37.9 Å². The summed E-state index contributed by atoms with van der Waals surface area (Å²) in [5.74, 6) is 2.24. The number of imidazole rings is 1. The second kappa shape index (κ2) is 5.67. The minimum atomic E-state index is 0.538. The van der Waals surface area contributed by atoms with E-state index in [0.29, 0.717) is 5.92 Å². The summed E-state index contributed by atoms with van der Waals surface area (Å²) in [5, 5.41) is 0. The van der Waals surface area contributed by atoms with Crippen molar-refractivity contribution in [3.63, 3.8) is 0 Å². The van der Waals surface area contributed by atoms with E-state index in [2.05, 4.69) is 65.7 Å². The number of benzene rings is 2. The SMILES string of the molecule is COc1ccc(I)c2nc(-c3ccc(C(C)C)cc3)[nH]c12. The van der Waals surface area contributed by atoms with Crippen LogP contribution < -0.4 is 4.74 Å². The van der Waals surface area contributed by atoms with E-state index in [4.69, 9.17) is 9.72 Å². The average Bonchev–Trinajstić information content (AvgIpc) is 2.94. The number of nitrogens with one attached hydrogen (secondary N) is 1. The van der Waals surface area contributed by atoms with Gasteiger partial charge < -0.3 is 9.72 Å². The molecule has 1 heterocycles. The Kier molecular flexibility index (Phi) is 3.89. The summed E-state index contributed by atoms with van der Waals surface area (Å²) in [5.41, 5.74) is 4.33. The summed E-state index contributed by atoms with van der Waals surface area (Å²) in [6.07, 6.45) is 0. The van der Waals surface area contributed by atoms with Crippen LogP contribution >= 0.6 is 22.6 Å². The van der Waals surface area contributed by atoms with Gasteiger partial charge in [0.15, 0.2) is 0 Å². The Morgan fingerprint density at radius 3 is 2.43 bits per heavy atom. The predicted molar refractivity (Wildman–Crippen MR) is 94.9 cm³/mol. The molecule has 3 rings (SSSR count). The van der Waals surface area contributed by atoms with Gasteiger partial charge in [-0.3, -0.25) is 0 Å². The van der Waals surface area contributed by atoms with E-state index in [1.165, 1.54) is 5.56 Å². The molecular formula is C17H17IN2O. The zero-order valence-corrected chi connectivity index (χ0v) is 14.4. The molecule has 1 aromatic heterocycles. The standard InChI is InChI=1S/C17H17IN2O/c1-10(2)11-4-6-12(7-5-11)17-19-15-13(18)8-9-14(21-3)16(15)20-17/h4-10H,1-3H3,(H,19,20). The Morgan fingerprint density at radius 1 is 1.10 bits per heavy atom. The smallest absolute Gasteiger partial charge is 0.144 e. The van der Waals surface area contributed by atoms with Crippen molar-refractivity contribution in [2.45, 2.75) is 19.8 Å². The zero-order valence-electron chi connectivity index (χ0n) is 12.3. The molecule has 0 atom stereocenters. The first kappa shape index (κ1) is 14.4. The molecule has 0 spiro atoms. The minimum absolute atomic E-state index is 0.538. The summed E-state index contributed by atoms with van der Waals surface area (Å²) in [6, 6.07) is 12.5. The molecule has 3 aromatic rings. The first-order chi connectivity index (χ1) is 10.1. The molecule has 0 radical (unpaired) electrons. The van der Waals surface area contributed by atoms with Gasteiger partial charge in [0.2, 0.25) is 0 Å². The summed E-state index contributed by atoms with van der Waals surface area (Å²) in [6.45, 7) is 4.40. The normalized spacial score (nSPS) is 11.3. The maximum Gasteiger partial charge on any atom is 0.144 e. The maximum absolute atomic E-state index is 5.41. The van der Waals surface area contributed by atoms with Crippen LogP contribution in [0.15, 0.2) is 36.4 Å². The van der Waals surface area contributed by atoms with Gasteiger partial charge in [0.1, 0.15) is 22.6 Å². The van der Waals surface area contributed by atoms with Crippen molar-refractivity contribution in [2.75, 3.05) is 7.11 Å². The third kappa shape index (κ3) is 2.64. The van der Waals surface area contributed by atoms with Crippen molar-refractivity contribution < 1.29 is 4.74 Å². The van der Waals surface area contributed by atoms with Crippen molar-refractivity contribution in [2.24, 2.45) is 0 Å². The highest BCUT2D eigenvalue weighted by Gasteiger charge is 2.12. The predicted octanol–water partition coefficient (Wildman–Crippen LogP) is 4.97. The third-order valence-electron chi connectivity index (χ3n) is 3.63. The monoisotopic (exact) mass is 392 g/mol. The number of ether oxygens (including phenoxy) is 1. The van der Waals surface area contributed by atoms with Gasteiger partial charge in [-0.15, -0.1) is 0 Å². The second-order valence-corrected chi connectivity index (χ2v) is 6.50. The van der Waals surface area contributed by atoms with Gasteiger partial charge in [0, 0.05) is 9.13 Å². The first-order valence-electron chi connectivity index (χ1n) is 6.92. The number of halogens is 1. The lowest BCUT2D eigenvalue weighted by Crippen LogP contribution is -1.87. The summed E-state index contributed by atoms with van der Waals surface area (Å²) < 4.78 is 6.52. The van der Waals surface area contributed by atoms with E-state index in [9.17, 15) is 0 Å². The summed E-state index contributed by atoms with van der Waals surface area (Å²) in [4.78, 5) is 8.10. The molecule has 0 bridgehead atoms. The van der Waals surface area contributed by atoms with E-state index >= 15 is 0 Å².